The summed E-state index contributed by atoms with van der Waals surface area (Å²) in [6, 6.07) is 20.2. The zero-order valence-corrected chi connectivity index (χ0v) is 18.0. The van der Waals surface area contributed by atoms with Gasteiger partial charge in [0.2, 0.25) is 5.91 Å². The van der Waals surface area contributed by atoms with Crippen LogP contribution in [0.1, 0.15) is 15.9 Å². The van der Waals surface area contributed by atoms with Crippen molar-refractivity contribution in [3.05, 3.63) is 88.9 Å². The fraction of sp³-hybridized carbons (Fsp3) is 0.167. The highest BCUT2D eigenvalue weighted by Crippen LogP contribution is 2.29. The summed E-state index contributed by atoms with van der Waals surface area (Å²) in [4.78, 5) is 25.9. The minimum Gasteiger partial charge on any atom is -0.497 e. The molecule has 0 aliphatic carbocycles. The lowest BCUT2D eigenvalue weighted by Crippen LogP contribution is -2.45. The quantitative estimate of drug-likeness (QED) is 0.548. The van der Waals surface area contributed by atoms with Crippen LogP contribution >= 0.6 is 11.6 Å². The summed E-state index contributed by atoms with van der Waals surface area (Å²) >= 11 is 5.90. The molecular weight excluding hydrogens is 416 g/mol. The van der Waals surface area contributed by atoms with Crippen LogP contribution in [0.5, 0.6) is 11.5 Å². The van der Waals surface area contributed by atoms with E-state index < -0.39 is 6.04 Å². The van der Waals surface area contributed by atoms with Gasteiger partial charge >= 0.3 is 0 Å². The van der Waals surface area contributed by atoms with Gasteiger partial charge in [0, 0.05) is 23.1 Å². The molecule has 0 fully saturated rings. The molecule has 160 valence electrons. The van der Waals surface area contributed by atoms with Gasteiger partial charge in [-0.05, 0) is 42.0 Å². The molecule has 6 nitrogen and oxygen atoms in total. The molecule has 1 atom stereocenters. The summed E-state index contributed by atoms with van der Waals surface area (Å²) in [7, 11) is 3.06. The molecule has 2 amide bonds. The van der Waals surface area contributed by atoms with Gasteiger partial charge in [-0.3, -0.25) is 9.59 Å². The summed E-state index contributed by atoms with van der Waals surface area (Å²) < 4.78 is 10.5. The number of halogens is 1. The van der Waals surface area contributed by atoms with Gasteiger partial charge in [0.25, 0.3) is 5.91 Å². The Morgan fingerprint density at radius 1 is 0.935 bits per heavy atom. The third kappa shape index (κ3) is 5.99. The molecule has 3 aromatic carbocycles. The van der Waals surface area contributed by atoms with Crippen molar-refractivity contribution in [2.24, 2.45) is 0 Å². The Labute approximate surface area is 186 Å². The van der Waals surface area contributed by atoms with E-state index in [0.29, 0.717) is 34.2 Å². The summed E-state index contributed by atoms with van der Waals surface area (Å²) in [5.41, 5.74) is 1.81. The van der Waals surface area contributed by atoms with E-state index in [1.807, 2.05) is 30.3 Å². The largest absolute Gasteiger partial charge is 0.497 e. The van der Waals surface area contributed by atoms with Gasteiger partial charge < -0.3 is 20.1 Å². The Kier molecular flexibility index (Phi) is 7.51. The molecule has 0 spiro atoms. The van der Waals surface area contributed by atoms with Crippen molar-refractivity contribution in [2.45, 2.75) is 12.5 Å². The lowest BCUT2D eigenvalue weighted by molar-refractivity contribution is -0.118. The molecule has 3 rings (SSSR count). The lowest BCUT2D eigenvalue weighted by atomic mass is 10.0. The predicted molar refractivity (Wildman–Crippen MR) is 121 cm³/mol. The molecule has 2 N–H and O–H groups in total. The minimum absolute atomic E-state index is 0.324. The molecule has 7 heteroatoms. The van der Waals surface area contributed by atoms with Gasteiger partial charge in [-0.15, -0.1) is 0 Å². The lowest BCUT2D eigenvalue weighted by Gasteiger charge is -2.20. The van der Waals surface area contributed by atoms with E-state index in [1.165, 1.54) is 7.11 Å². The number of hydrogen-bond donors (Lipinski definition) is 2. The minimum atomic E-state index is -0.808. The topological polar surface area (TPSA) is 76.7 Å². The highest BCUT2D eigenvalue weighted by Gasteiger charge is 2.23. The average molecular weight is 439 g/mol. The Morgan fingerprint density at radius 3 is 2.29 bits per heavy atom. The second-order valence-corrected chi connectivity index (χ2v) is 7.21. The molecule has 0 saturated carbocycles. The Balaban J connectivity index is 1.82. The maximum atomic E-state index is 13.1. The van der Waals surface area contributed by atoms with Gasteiger partial charge in [-0.1, -0.05) is 41.9 Å². The maximum Gasteiger partial charge on any atom is 0.251 e. The number of amides is 2. The van der Waals surface area contributed by atoms with Crippen molar-refractivity contribution in [1.82, 2.24) is 5.32 Å². The van der Waals surface area contributed by atoms with Gasteiger partial charge in [0.15, 0.2) is 0 Å². The molecule has 0 aliphatic rings. The smallest absolute Gasteiger partial charge is 0.251 e. The van der Waals surface area contributed by atoms with Crippen molar-refractivity contribution in [2.75, 3.05) is 19.5 Å². The highest BCUT2D eigenvalue weighted by molar-refractivity contribution is 6.30. The van der Waals surface area contributed by atoms with Crippen LogP contribution in [-0.2, 0) is 11.2 Å². The number of carbonyl (C=O) groups excluding carboxylic acids is 2. The number of carbonyl (C=O) groups is 2. The Morgan fingerprint density at radius 2 is 1.65 bits per heavy atom. The normalized spacial score (nSPS) is 11.3. The van der Waals surface area contributed by atoms with Crippen molar-refractivity contribution >= 4 is 29.1 Å². The first-order chi connectivity index (χ1) is 15.0. The second-order valence-electron chi connectivity index (χ2n) is 6.78. The van der Waals surface area contributed by atoms with E-state index in [4.69, 9.17) is 21.1 Å². The third-order valence-corrected chi connectivity index (χ3v) is 4.93. The van der Waals surface area contributed by atoms with Crippen LogP contribution in [0.4, 0.5) is 5.69 Å². The van der Waals surface area contributed by atoms with Crippen LogP contribution in [0.3, 0.4) is 0 Å². The van der Waals surface area contributed by atoms with Crippen LogP contribution < -0.4 is 20.1 Å². The molecule has 0 radical (unpaired) electrons. The van der Waals surface area contributed by atoms with Gasteiger partial charge in [-0.25, -0.2) is 0 Å². The first-order valence-corrected chi connectivity index (χ1v) is 10.0. The SMILES string of the molecule is COc1ccc(NC(=O)[C@@H](Cc2ccccc2)NC(=O)c2ccc(Cl)cc2)c(OC)c1. The molecule has 0 bridgehead atoms. The molecule has 0 aromatic heterocycles. The van der Waals surface area contributed by atoms with Crippen LogP contribution in [0, 0.1) is 0 Å². The number of nitrogens with one attached hydrogen (secondary N) is 2. The summed E-state index contributed by atoms with van der Waals surface area (Å²) in [6.07, 6.45) is 0.324. The zero-order chi connectivity index (χ0) is 22.2. The van der Waals surface area contributed by atoms with E-state index >= 15 is 0 Å². The number of anilines is 1. The van der Waals surface area contributed by atoms with Crippen molar-refractivity contribution in [3.8, 4) is 11.5 Å². The highest BCUT2D eigenvalue weighted by atomic mass is 35.5. The number of methoxy groups -OCH3 is 2. The maximum absolute atomic E-state index is 13.1. The molecule has 3 aromatic rings. The van der Waals surface area contributed by atoms with Crippen LogP contribution in [0.15, 0.2) is 72.8 Å². The number of benzene rings is 3. The van der Waals surface area contributed by atoms with Crippen LogP contribution in [-0.4, -0.2) is 32.1 Å². The van der Waals surface area contributed by atoms with E-state index in [9.17, 15) is 9.59 Å². The zero-order valence-electron chi connectivity index (χ0n) is 17.2. The van der Waals surface area contributed by atoms with E-state index in [-0.39, 0.29) is 11.8 Å². The first-order valence-electron chi connectivity index (χ1n) is 9.63. The molecule has 0 saturated heterocycles. The fourth-order valence-electron chi connectivity index (χ4n) is 3.02. The molecule has 0 heterocycles. The first kappa shape index (κ1) is 22.2. The summed E-state index contributed by atoms with van der Waals surface area (Å²) in [5.74, 6) is 0.325. The van der Waals surface area contributed by atoms with Crippen molar-refractivity contribution in [3.63, 3.8) is 0 Å². The van der Waals surface area contributed by atoms with E-state index in [0.717, 1.165) is 5.56 Å². The van der Waals surface area contributed by atoms with Crippen LogP contribution in [0.2, 0.25) is 5.02 Å². The molecule has 0 aliphatic heterocycles. The summed E-state index contributed by atoms with van der Waals surface area (Å²) in [6.45, 7) is 0. The second kappa shape index (κ2) is 10.5. The van der Waals surface area contributed by atoms with Gasteiger partial charge in [0.1, 0.15) is 17.5 Å². The van der Waals surface area contributed by atoms with Gasteiger partial charge in [0.05, 0.1) is 19.9 Å². The monoisotopic (exact) mass is 438 g/mol. The van der Waals surface area contributed by atoms with E-state index in [2.05, 4.69) is 10.6 Å². The molecule has 0 unspecified atom stereocenters. The molecular formula is C24H23ClN2O4. The Bertz CT molecular complexity index is 1040. The number of ether oxygens (including phenoxy) is 2. The van der Waals surface area contributed by atoms with Crippen LogP contribution in [0.25, 0.3) is 0 Å². The third-order valence-electron chi connectivity index (χ3n) is 4.68. The predicted octanol–water partition coefficient (Wildman–Crippen LogP) is 4.34. The average Bonchev–Trinajstić information content (AvgIpc) is 2.80. The van der Waals surface area contributed by atoms with Crippen molar-refractivity contribution in [1.29, 1.82) is 0 Å². The van der Waals surface area contributed by atoms with Crippen molar-refractivity contribution < 1.29 is 19.1 Å². The number of hydrogen-bond acceptors (Lipinski definition) is 4. The van der Waals surface area contributed by atoms with E-state index in [1.54, 1.807) is 49.6 Å². The van der Waals surface area contributed by atoms with Gasteiger partial charge in [-0.2, -0.15) is 0 Å². The standard InChI is InChI=1S/C24H23ClN2O4/c1-30-19-12-13-20(22(15-19)31-2)26-24(29)21(14-16-6-4-3-5-7-16)27-23(28)17-8-10-18(25)11-9-17/h3-13,15,21H,14H2,1-2H3,(H,26,29)(H,27,28)/t21-/m1/s1. The Hall–Kier alpha value is -3.51. The number of rotatable bonds is 8. The molecule has 31 heavy (non-hydrogen) atoms. The summed E-state index contributed by atoms with van der Waals surface area (Å²) in [5, 5.41) is 6.19. The fourth-order valence-corrected chi connectivity index (χ4v) is 3.15.